The van der Waals surface area contributed by atoms with E-state index in [1.807, 2.05) is 20.8 Å². The minimum atomic E-state index is -1.01. The predicted molar refractivity (Wildman–Crippen MR) is 84.9 cm³/mol. The number of amides is 1. The zero-order chi connectivity index (χ0) is 17.1. The maximum atomic E-state index is 12.5. The first kappa shape index (κ1) is 17.0. The number of hydrogen-bond donors (Lipinski definition) is 1. The number of rotatable bonds is 6. The summed E-state index contributed by atoms with van der Waals surface area (Å²) in [5.41, 5.74) is 0.957. The molecule has 124 valence electrons. The number of carbonyl (C=O) groups is 3. The molecule has 1 unspecified atom stereocenters. The fourth-order valence-electron chi connectivity index (χ4n) is 2.57. The van der Waals surface area contributed by atoms with Crippen LogP contribution in [0.25, 0.3) is 0 Å². The van der Waals surface area contributed by atoms with Crippen LogP contribution in [-0.2, 0) is 9.59 Å². The third-order valence-electron chi connectivity index (χ3n) is 3.82. The quantitative estimate of drug-likeness (QED) is 0.814. The van der Waals surface area contributed by atoms with Gasteiger partial charge >= 0.3 is 5.97 Å². The van der Waals surface area contributed by atoms with Gasteiger partial charge in [-0.3, -0.25) is 14.4 Å². The monoisotopic (exact) mass is 319 g/mol. The normalized spacial score (nSPS) is 17.0. The second-order valence-corrected chi connectivity index (χ2v) is 5.86. The number of ketones is 1. The fourth-order valence-corrected chi connectivity index (χ4v) is 2.57. The van der Waals surface area contributed by atoms with E-state index in [0.717, 1.165) is 0 Å². The zero-order valence-electron chi connectivity index (χ0n) is 13.5. The smallest absolute Gasteiger partial charge is 0.303 e. The van der Waals surface area contributed by atoms with E-state index in [4.69, 9.17) is 9.84 Å². The number of anilines is 1. The van der Waals surface area contributed by atoms with E-state index in [2.05, 4.69) is 0 Å². The second-order valence-electron chi connectivity index (χ2n) is 5.86. The van der Waals surface area contributed by atoms with Gasteiger partial charge in [0.15, 0.2) is 11.9 Å². The van der Waals surface area contributed by atoms with Crippen molar-refractivity contribution in [3.63, 3.8) is 0 Å². The molecule has 6 heteroatoms. The van der Waals surface area contributed by atoms with E-state index >= 15 is 0 Å². The van der Waals surface area contributed by atoms with Crippen molar-refractivity contribution in [2.24, 2.45) is 5.92 Å². The summed E-state index contributed by atoms with van der Waals surface area (Å²) in [4.78, 5) is 36.8. The molecule has 0 fully saturated rings. The molecule has 0 radical (unpaired) electrons. The van der Waals surface area contributed by atoms with Crippen molar-refractivity contribution in [2.45, 2.75) is 39.7 Å². The molecule has 6 nitrogen and oxygen atoms in total. The molecule has 2 rings (SSSR count). The number of carboxylic acids is 1. The summed E-state index contributed by atoms with van der Waals surface area (Å²) in [7, 11) is 0. The van der Waals surface area contributed by atoms with Crippen LogP contribution in [0.2, 0.25) is 0 Å². The average Bonchev–Trinajstić information content (AvgIpc) is 2.51. The molecular weight excluding hydrogens is 298 g/mol. The molecule has 1 amide bonds. The number of nitrogens with zero attached hydrogens (tertiary/aromatic N) is 1. The van der Waals surface area contributed by atoms with Gasteiger partial charge in [0.25, 0.3) is 5.91 Å². The van der Waals surface area contributed by atoms with Gasteiger partial charge in [0.1, 0.15) is 5.75 Å². The number of ether oxygens (including phenoxy) is 1. The maximum Gasteiger partial charge on any atom is 0.303 e. The average molecular weight is 319 g/mol. The molecule has 1 aromatic carbocycles. The Kier molecular flexibility index (Phi) is 5.03. The van der Waals surface area contributed by atoms with Gasteiger partial charge in [-0.1, -0.05) is 13.8 Å². The first-order valence-corrected chi connectivity index (χ1v) is 7.72. The van der Waals surface area contributed by atoms with Crippen molar-refractivity contribution in [1.82, 2.24) is 0 Å². The van der Waals surface area contributed by atoms with E-state index in [-0.39, 0.29) is 30.4 Å². The molecule has 0 saturated carbocycles. The van der Waals surface area contributed by atoms with Gasteiger partial charge in [-0.2, -0.15) is 0 Å². The van der Waals surface area contributed by atoms with Gasteiger partial charge in [-0.05, 0) is 31.0 Å². The summed E-state index contributed by atoms with van der Waals surface area (Å²) in [6.07, 6.45) is -0.807. The summed E-state index contributed by atoms with van der Waals surface area (Å²) in [6.45, 7) is 6.19. The van der Waals surface area contributed by atoms with Crippen LogP contribution < -0.4 is 9.64 Å². The molecule has 1 N–H and O–H groups in total. The molecule has 0 saturated heterocycles. The zero-order valence-corrected chi connectivity index (χ0v) is 13.5. The van der Waals surface area contributed by atoms with Crippen molar-refractivity contribution in [3.8, 4) is 5.75 Å². The highest BCUT2D eigenvalue weighted by atomic mass is 16.5. The highest BCUT2D eigenvalue weighted by Gasteiger charge is 2.35. The van der Waals surface area contributed by atoms with E-state index in [1.54, 1.807) is 23.1 Å². The van der Waals surface area contributed by atoms with Crippen LogP contribution in [0, 0.1) is 5.92 Å². The standard InChI is InChI=1S/C17H21NO5/c1-4-18-12-9-11(13(19)6-8-15(20)21)5-7-14(12)23-16(10(2)3)17(18)22/h5,7,9-10,16H,4,6,8H2,1-3H3,(H,20,21). The molecule has 1 aliphatic heterocycles. The first-order chi connectivity index (χ1) is 10.8. The summed E-state index contributed by atoms with van der Waals surface area (Å²) in [5, 5.41) is 8.67. The predicted octanol–water partition coefficient (Wildman–Crippen LogP) is 2.50. The van der Waals surface area contributed by atoms with Crippen LogP contribution in [-0.4, -0.2) is 35.4 Å². The molecule has 1 aliphatic rings. The van der Waals surface area contributed by atoms with E-state index in [1.165, 1.54) is 0 Å². The van der Waals surface area contributed by atoms with Gasteiger partial charge in [0.2, 0.25) is 0 Å². The summed E-state index contributed by atoms with van der Waals surface area (Å²) < 4.78 is 5.77. The van der Waals surface area contributed by atoms with E-state index in [0.29, 0.717) is 23.5 Å². The van der Waals surface area contributed by atoms with E-state index in [9.17, 15) is 14.4 Å². The van der Waals surface area contributed by atoms with Crippen LogP contribution in [0.15, 0.2) is 18.2 Å². The highest BCUT2D eigenvalue weighted by Crippen LogP contribution is 2.36. The van der Waals surface area contributed by atoms with Crippen molar-refractivity contribution in [1.29, 1.82) is 0 Å². The number of hydrogen-bond acceptors (Lipinski definition) is 4. The number of carbonyl (C=O) groups excluding carboxylic acids is 2. The van der Waals surface area contributed by atoms with Crippen LogP contribution >= 0.6 is 0 Å². The van der Waals surface area contributed by atoms with Gasteiger partial charge in [0, 0.05) is 18.5 Å². The number of Topliss-reactive ketones (excluding diaryl/α,β-unsaturated/α-hetero) is 1. The Hall–Kier alpha value is -2.37. The van der Waals surface area contributed by atoms with Crippen LogP contribution in [0.5, 0.6) is 5.75 Å². The Morgan fingerprint density at radius 1 is 1.30 bits per heavy atom. The molecule has 1 aromatic rings. The van der Waals surface area contributed by atoms with Crippen LogP contribution in [0.3, 0.4) is 0 Å². The molecule has 0 aliphatic carbocycles. The summed E-state index contributed by atoms with van der Waals surface area (Å²) in [6, 6.07) is 4.90. The first-order valence-electron chi connectivity index (χ1n) is 7.72. The number of likely N-dealkylation sites (N-methyl/N-ethyl adjacent to an activating group) is 1. The van der Waals surface area contributed by atoms with Crippen molar-refractivity contribution in [3.05, 3.63) is 23.8 Å². The lowest BCUT2D eigenvalue weighted by molar-refractivity contribution is -0.137. The van der Waals surface area contributed by atoms with Gasteiger partial charge in [-0.25, -0.2) is 0 Å². The molecular formula is C17H21NO5. The lowest BCUT2D eigenvalue weighted by atomic mass is 10.0. The highest BCUT2D eigenvalue weighted by molar-refractivity contribution is 6.03. The third-order valence-corrected chi connectivity index (χ3v) is 3.82. The summed E-state index contributed by atoms with van der Waals surface area (Å²) in [5.74, 6) is -0.777. The number of benzene rings is 1. The second kappa shape index (κ2) is 6.81. The Bertz CT molecular complexity index is 638. The molecule has 0 aromatic heterocycles. The fraction of sp³-hybridized carbons (Fsp3) is 0.471. The number of fused-ring (bicyclic) bond motifs is 1. The van der Waals surface area contributed by atoms with Gasteiger partial charge in [-0.15, -0.1) is 0 Å². The molecule has 0 spiro atoms. The summed E-state index contributed by atoms with van der Waals surface area (Å²) >= 11 is 0. The Labute approximate surface area is 135 Å². The van der Waals surface area contributed by atoms with Gasteiger partial charge < -0.3 is 14.7 Å². The molecule has 1 atom stereocenters. The lowest BCUT2D eigenvalue weighted by Gasteiger charge is -2.35. The van der Waals surface area contributed by atoms with Gasteiger partial charge in [0.05, 0.1) is 12.1 Å². The third kappa shape index (κ3) is 3.52. The minimum absolute atomic E-state index is 0.0431. The topological polar surface area (TPSA) is 83.9 Å². The largest absolute Gasteiger partial charge is 0.481 e. The Morgan fingerprint density at radius 2 is 2.00 bits per heavy atom. The number of carboxylic acid groups (broad SMARTS) is 1. The molecule has 1 heterocycles. The number of aliphatic carboxylic acids is 1. The van der Waals surface area contributed by atoms with Crippen LogP contribution in [0.4, 0.5) is 5.69 Å². The lowest BCUT2D eigenvalue weighted by Crippen LogP contribution is -2.48. The van der Waals surface area contributed by atoms with Crippen molar-refractivity contribution < 1.29 is 24.2 Å². The minimum Gasteiger partial charge on any atom is -0.481 e. The Balaban J connectivity index is 2.32. The van der Waals surface area contributed by atoms with E-state index < -0.39 is 12.1 Å². The van der Waals surface area contributed by atoms with Crippen molar-refractivity contribution in [2.75, 3.05) is 11.4 Å². The van der Waals surface area contributed by atoms with Crippen molar-refractivity contribution >= 4 is 23.3 Å². The van der Waals surface area contributed by atoms with Crippen LogP contribution in [0.1, 0.15) is 44.0 Å². The SMILES string of the molecule is CCN1C(=O)C(C(C)C)Oc2ccc(C(=O)CCC(=O)O)cc21. The Morgan fingerprint density at radius 3 is 2.57 bits per heavy atom. The molecule has 0 bridgehead atoms. The maximum absolute atomic E-state index is 12.5. The molecule has 23 heavy (non-hydrogen) atoms.